The van der Waals surface area contributed by atoms with Crippen LogP contribution in [-0.4, -0.2) is 55.3 Å². The summed E-state index contributed by atoms with van der Waals surface area (Å²) in [6.45, 7) is 11.3. The highest BCUT2D eigenvalue weighted by Crippen LogP contribution is 2.29. The third-order valence-electron chi connectivity index (χ3n) is 5.62. The molecule has 2 aromatic rings. The second kappa shape index (κ2) is 15.0. The third kappa shape index (κ3) is 8.82. The molecular weight excluding hydrogens is 455 g/mol. The van der Waals surface area contributed by atoms with E-state index in [1.165, 1.54) is 50.9 Å². The number of hydrogen-bond acceptors (Lipinski definition) is 5. The average molecular weight is 494 g/mol. The summed E-state index contributed by atoms with van der Waals surface area (Å²) in [5.74, 6) is 0.880. The van der Waals surface area contributed by atoms with E-state index in [1.54, 1.807) is 7.11 Å². The first kappa shape index (κ1) is 30.0. The van der Waals surface area contributed by atoms with Crippen LogP contribution in [0.4, 0.5) is 5.69 Å². The van der Waals surface area contributed by atoms with Gasteiger partial charge < -0.3 is 20.3 Å². The van der Waals surface area contributed by atoms with E-state index in [1.807, 2.05) is 12.3 Å². The zero-order chi connectivity index (χ0) is 19.9. The Morgan fingerprint density at radius 3 is 2.42 bits per heavy atom. The summed E-state index contributed by atoms with van der Waals surface area (Å²) in [4.78, 5) is 7.19. The van der Waals surface area contributed by atoms with Crippen molar-refractivity contribution in [3.63, 3.8) is 0 Å². The van der Waals surface area contributed by atoms with Crippen molar-refractivity contribution < 1.29 is 4.74 Å². The molecule has 8 heteroatoms. The Bertz CT molecular complexity index is 768. The molecule has 0 bridgehead atoms. The van der Waals surface area contributed by atoms with Gasteiger partial charge in [-0.15, -0.1) is 37.2 Å². The van der Waals surface area contributed by atoms with Crippen LogP contribution in [0.25, 0.3) is 10.9 Å². The lowest BCUT2D eigenvalue weighted by atomic mass is 10.1. The molecule has 31 heavy (non-hydrogen) atoms. The molecule has 2 heterocycles. The summed E-state index contributed by atoms with van der Waals surface area (Å²) in [5, 5.41) is 8.34. The molecule has 1 aliphatic rings. The zero-order valence-corrected chi connectivity index (χ0v) is 21.6. The molecule has 0 radical (unpaired) electrons. The first-order chi connectivity index (χ1) is 13.6. The van der Waals surface area contributed by atoms with Crippen molar-refractivity contribution in [3.8, 4) is 5.75 Å². The maximum Gasteiger partial charge on any atom is 0.121 e. The van der Waals surface area contributed by atoms with Gasteiger partial charge in [-0.05, 0) is 57.9 Å². The SMILES string of the molecule is COc1cc(NCCCCCCN2CC(C)NC(C)C2)c2nccc(C)c2c1.Cl.Cl.Cl. The topological polar surface area (TPSA) is 49.4 Å². The molecule has 1 saturated heterocycles. The Hall–Kier alpha value is -0.980. The number of pyridine rings is 1. The monoisotopic (exact) mass is 492 g/mol. The smallest absolute Gasteiger partial charge is 0.121 e. The molecule has 1 aromatic carbocycles. The number of methoxy groups -OCH3 is 1. The highest BCUT2D eigenvalue weighted by molar-refractivity contribution is 5.93. The Balaban J connectivity index is 0.00000300. The van der Waals surface area contributed by atoms with E-state index >= 15 is 0 Å². The Labute approximate surface area is 206 Å². The van der Waals surface area contributed by atoms with Crippen LogP contribution in [0.1, 0.15) is 45.1 Å². The van der Waals surface area contributed by atoms with E-state index in [-0.39, 0.29) is 37.2 Å². The van der Waals surface area contributed by atoms with Gasteiger partial charge in [0.05, 0.1) is 18.3 Å². The molecular formula is C23H39Cl3N4O. The molecule has 0 amide bonds. The molecule has 2 unspecified atom stereocenters. The molecule has 0 saturated carbocycles. The number of nitrogens with zero attached hydrogens (tertiary/aromatic N) is 2. The van der Waals surface area contributed by atoms with Gasteiger partial charge in [-0.25, -0.2) is 0 Å². The van der Waals surface area contributed by atoms with Crippen molar-refractivity contribution in [1.82, 2.24) is 15.2 Å². The fourth-order valence-electron chi connectivity index (χ4n) is 4.27. The number of piperazine rings is 1. The van der Waals surface area contributed by atoms with Gasteiger partial charge in [0.2, 0.25) is 0 Å². The first-order valence-electron chi connectivity index (χ1n) is 10.7. The van der Waals surface area contributed by atoms with Crippen molar-refractivity contribution in [2.24, 2.45) is 0 Å². The van der Waals surface area contributed by atoms with E-state index in [0.717, 1.165) is 28.9 Å². The van der Waals surface area contributed by atoms with Gasteiger partial charge in [-0.2, -0.15) is 0 Å². The predicted molar refractivity (Wildman–Crippen MR) is 140 cm³/mol. The Morgan fingerprint density at radius 2 is 1.74 bits per heavy atom. The van der Waals surface area contributed by atoms with Gasteiger partial charge >= 0.3 is 0 Å². The predicted octanol–water partition coefficient (Wildman–Crippen LogP) is 5.47. The van der Waals surface area contributed by atoms with Gasteiger partial charge in [-0.1, -0.05) is 12.8 Å². The van der Waals surface area contributed by atoms with Crippen LogP contribution in [0, 0.1) is 6.92 Å². The molecule has 0 aliphatic carbocycles. The van der Waals surface area contributed by atoms with Crippen LogP contribution >= 0.6 is 37.2 Å². The molecule has 0 spiro atoms. The van der Waals surface area contributed by atoms with E-state index < -0.39 is 0 Å². The quantitative estimate of drug-likeness (QED) is 0.454. The summed E-state index contributed by atoms with van der Waals surface area (Å²) in [5.41, 5.74) is 3.33. The highest BCUT2D eigenvalue weighted by Gasteiger charge is 2.19. The number of rotatable bonds is 9. The Kier molecular flexibility index (Phi) is 14.5. The highest BCUT2D eigenvalue weighted by atomic mass is 35.5. The number of nitrogens with one attached hydrogen (secondary N) is 2. The molecule has 1 fully saturated rings. The number of halogens is 3. The number of aromatic nitrogens is 1. The van der Waals surface area contributed by atoms with Crippen molar-refractivity contribution in [3.05, 3.63) is 30.0 Å². The van der Waals surface area contributed by atoms with Crippen LogP contribution < -0.4 is 15.4 Å². The minimum absolute atomic E-state index is 0. The minimum Gasteiger partial charge on any atom is -0.497 e. The van der Waals surface area contributed by atoms with Crippen LogP contribution in [0.2, 0.25) is 0 Å². The van der Waals surface area contributed by atoms with Gasteiger partial charge in [-0.3, -0.25) is 4.98 Å². The van der Waals surface area contributed by atoms with E-state index in [2.05, 4.69) is 53.4 Å². The lowest BCUT2D eigenvalue weighted by Crippen LogP contribution is -2.54. The standard InChI is InChI=1S/C23H36N4O.3ClH/c1-17-9-11-25-23-21(17)13-20(28-4)14-22(23)24-10-7-5-6-8-12-27-15-18(2)26-19(3)16-27;;;/h9,11,13-14,18-19,24,26H,5-8,10,12,15-16H2,1-4H3;3*1H. The van der Waals surface area contributed by atoms with E-state index in [9.17, 15) is 0 Å². The van der Waals surface area contributed by atoms with Crippen LogP contribution in [-0.2, 0) is 0 Å². The molecule has 1 aromatic heterocycles. The van der Waals surface area contributed by atoms with Crippen molar-refractivity contribution in [2.75, 3.05) is 38.6 Å². The van der Waals surface area contributed by atoms with Crippen LogP contribution in [0.3, 0.4) is 0 Å². The number of hydrogen-bond donors (Lipinski definition) is 2. The molecule has 3 rings (SSSR count). The third-order valence-corrected chi connectivity index (χ3v) is 5.62. The number of ether oxygens (including phenoxy) is 1. The summed E-state index contributed by atoms with van der Waals surface area (Å²) in [7, 11) is 1.72. The maximum atomic E-state index is 5.47. The molecule has 2 N–H and O–H groups in total. The zero-order valence-electron chi connectivity index (χ0n) is 19.1. The summed E-state index contributed by atoms with van der Waals surface area (Å²) < 4.78 is 5.47. The maximum absolute atomic E-state index is 5.47. The summed E-state index contributed by atoms with van der Waals surface area (Å²) in [6, 6.07) is 7.40. The van der Waals surface area contributed by atoms with Crippen molar-refractivity contribution >= 4 is 53.8 Å². The van der Waals surface area contributed by atoms with Gasteiger partial charge in [0.1, 0.15) is 5.75 Å². The lowest BCUT2D eigenvalue weighted by Gasteiger charge is -2.36. The molecule has 5 nitrogen and oxygen atoms in total. The number of aryl methyl sites for hydroxylation is 1. The number of anilines is 1. The molecule has 2 atom stereocenters. The van der Waals surface area contributed by atoms with Gasteiger partial charge in [0.25, 0.3) is 0 Å². The summed E-state index contributed by atoms with van der Waals surface area (Å²) >= 11 is 0. The average Bonchev–Trinajstić information content (AvgIpc) is 2.66. The fraction of sp³-hybridized carbons (Fsp3) is 0.609. The number of unbranched alkanes of at least 4 members (excludes halogenated alkanes) is 3. The Morgan fingerprint density at radius 1 is 1.06 bits per heavy atom. The van der Waals surface area contributed by atoms with Gasteiger partial charge in [0, 0.05) is 49.4 Å². The van der Waals surface area contributed by atoms with Crippen molar-refractivity contribution in [1.29, 1.82) is 0 Å². The number of benzene rings is 1. The van der Waals surface area contributed by atoms with Gasteiger partial charge in [0.15, 0.2) is 0 Å². The van der Waals surface area contributed by atoms with Crippen molar-refractivity contribution in [2.45, 2.75) is 58.5 Å². The molecule has 178 valence electrons. The first-order valence-corrected chi connectivity index (χ1v) is 10.7. The molecule has 1 aliphatic heterocycles. The minimum atomic E-state index is 0. The van der Waals surface area contributed by atoms with Crippen LogP contribution in [0.5, 0.6) is 5.75 Å². The fourth-order valence-corrected chi connectivity index (χ4v) is 4.27. The van der Waals surface area contributed by atoms with Crippen LogP contribution in [0.15, 0.2) is 24.4 Å². The number of fused-ring (bicyclic) bond motifs is 1. The normalized spacial score (nSPS) is 18.5. The van der Waals surface area contributed by atoms with E-state index in [4.69, 9.17) is 4.74 Å². The summed E-state index contributed by atoms with van der Waals surface area (Å²) in [6.07, 6.45) is 6.91. The largest absolute Gasteiger partial charge is 0.497 e. The lowest BCUT2D eigenvalue weighted by molar-refractivity contribution is 0.170. The van der Waals surface area contributed by atoms with E-state index in [0.29, 0.717) is 12.1 Å². The second-order valence-electron chi connectivity index (χ2n) is 8.27. The second-order valence-corrected chi connectivity index (χ2v) is 8.27.